The van der Waals surface area contributed by atoms with Crippen LogP contribution in [-0.2, 0) is 6.42 Å². The molecule has 1 aromatic carbocycles. The first-order chi connectivity index (χ1) is 8.22. The fourth-order valence-corrected chi connectivity index (χ4v) is 2.11. The highest BCUT2D eigenvalue weighted by molar-refractivity contribution is 6.35. The first-order valence-corrected chi connectivity index (χ1v) is 6.05. The molecule has 0 fully saturated rings. The highest BCUT2D eigenvalue weighted by Gasteiger charge is 2.04. The van der Waals surface area contributed by atoms with Gasteiger partial charge in [0.25, 0.3) is 5.56 Å². The van der Waals surface area contributed by atoms with Crippen LogP contribution in [0.3, 0.4) is 0 Å². The van der Waals surface area contributed by atoms with E-state index in [1.54, 1.807) is 6.07 Å². The van der Waals surface area contributed by atoms with Gasteiger partial charge >= 0.3 is 0 Å². The van der Waals surface area contributed by atoms with Crippen LogP contribution >= 0.6 is 11.6 Å². The summed E-state index contributed by atoms with van der Waals surface area (Å²) < 4.78 is 0. The van der Waals surface area contributed by atoms with Gasteiger partial charge in [0.1, 0.15) is 0 Å². The quantitative estimate of drug-likeness (QED) is 0.818. The summed E-state index contributed by atoms with van der Waals surface area (Å²) in [5.74, 6) is 0. The van der Waals surface area contributed by atoms with Crippen LogP contribution in [0.25, 0.3) is 10.9 Å². The maximum Gasteiger partial charge on any atom is 0.251 e. The Morgan fingerprint density at radius 2 is 2.24 bits per heavy atom. The lowest BCUT2D eigenvalue weighted by atomic mass is 10.1. The lowest BCUT2D eigenvalue weighted by Gasteiger charge is -2.04. The molecule has 0 aliphatic heterocycles. The monoisotopic (exact) mass is 250 g/mol. The number of pyridine rings is 1. The van der Waals surface area contributed by atoms with E-state index in [0.717, 1.165) is 35.9 Å². The summed E-state index contributed by atoms with van der Waals surface area (Å²) in [6.45, 7) is 0.910. The average molecular weight is 251 g/mol. The van der Waals surface area contributed by atoms with Crippen LogP contribution in [0.5, 0.6) is 0 Å². The Kier molecular flexibility index (Phi) is 3.82. The van der Waals surface area contributed by atoms with Crippen LogP contribution in [-0.4, -0.2) is 18.6 Å². The van der Waals surface area contributed by atoms with Gasteiger partial charge in [-0.25, -0.2) is 0 Å². The molecule has 0 saturated heterocycles. The standard InChI is InChI=1S/C13H15ClN2O/c1-15-7-3-5-10-8-9-4-2-6-11(14)12(9)16-13(10)17/h2,4,6,8,15H,3,5,7H2,1H3,(H,16,17). The Hall–Kier alpha value is -1.32. The van der Waals surface area contributed by atoms with Crippen molar-refractivity contribution in [3.8, 4) is 0 Å². The number of aromatic amines is 1. The smallest absolute Gasteiger partial charge is 0.251 e. The Morgan fingerprint density at radius 3 is 3.00 bits per heavy atom. The summed E-state index contributed by atoms with van der Waals surface area (Å²) in [5.41, 5.74) is 1.49. The summed E-state index contributed by atoms with van der Waals surface area (Å²) in [7, 11) is 1.91. The van der Waals surface area contributed by atoms with Gasteiger partial charge in [-0.05, 0) is 38.6 Å². The van der Waals surface area contributed by atoms with Crippen LogP contribution < -0.4 is 10.9 Å². The fraction of sp³-hybridized carbons (Fsp3) is 0.308. The molecular weight excluding hydrogens is 236 g/mol. The average Bonchev–Trinajstić information content (AvgIpc) is 2.31. The van der Waals surface area contributed by atoms with Crippen molar-refractivity contribution in [3.05, 3.63) is 45.2 Å². The van der Waals surface area contributed by atoms with Gasteiger partial charge in [-0.3, -0.25) is 4.79 Å². The number of halogens is 1. The third kappa shape index (κ3) is 2.68. The van der Waals surface area contributed by atoms with Crippen molar-refractivity contribution in [2.24, 2.45) is 0 Å². The van der Waals surface area contributed by atoms with E-state index in [2.05, 4.69) is 10.3 Å². The Labute approximate surface area is 105 Å². The molecule has 0 atom stereocenters. The second kappa shape index (κ2) is 5.34. The molecule has 0 aliphatic rings. The normalized spacial score (nSPS) is 10.9. The number of aromatic nitrogens is 1. The highest BCUT2D eigenvalue weighted by atomic mass is 35.5. The van der Waals surface area contributed by atoms with Crippen LogP contribution in [0.15, 0.2) is 29.1 Å². The predicted molar refractivity (Wildman–Crippen MR) is 71.8 cm³/mol. The first-order valence-electron chi connectivity index (χ1n) is 5.67. The van der Waals surface area contributed by atoms with Crippen molar-refractivity contribution in [2.45, 2.75) is 12.8 Å². The Bertz CT molecular complexity index is 577. The zero-order chi connectivity index (χ0) is 12.3. The molecule has 2 rings (SSSR count). The molecule has 0 unspecified atom stereocenters. The van der Waals surface area contributed by atoms with E-state index in [0.29, 0.717) is 5.02 Å². The van der Waals surface area contributed by atoms with E-state index in [1.165, 1.54) is 0 Å². The highest BCUT2D eigenvalue weighted by Crippen LogP contribution is 2.20. The van der Waals surface area contributed by atoms with E-state index in [-0.39, 0.29) is 5.56 Å². The van der Waals surface area contributed by atoms with Gasteiger partial charge in [0.15, 0.2) is 0 Å². The van der Waals surface area contributed by atoms with Crippen LogP contribution in [0.2, 0.25) is 5.02 Å². The minimum atomic E-state index is -0.0401. The number of hydrogen-bond donors (Lipinski definition) is 2. The van der Waals surface area contributed by atoms with E-state index in [4.69, 9.17) is 11.6 Å². The van der Waals surface area contributed by atoms with E-state index < -0.39 is 0 Å². The van der Waals surface area contributed by atoms with Crippen molar-refractivity contribution in [1.29, 1.82) is 0 Å². The van der Waals surface area contributed by atoms with Crippen molar-refractivity contribution >= 4 is 22.5 Å². The lowest BCUT2D eigenvalue weighted by molar-refractivity contribution is 0.721. The zero-order valence-electron chi connectivity index (χ0n) is 9.72. The van der Waals surface area contributed by atoms with Crippen molar-refractivity contribution in [2.75, 3.05) is 13.6 Å². The lowest BCUT2D eigenvalue weighted by Crippen LogP contribution is -2.15. The van der Waals surface area contributed by atoms with Crippen molar-refractivity contribution < 1.29 is 0 Å². The molecular formula is C13H15ClN2O. The Morgan fingerprint density at radius 1 is 1.41 bits per heavy atom. The van der Waals surface area contributed by atoms with E-state index in [1.807, 2.05) is 25.2 Å². The van der Waals surface area contributed by atoms with Gasteiger partial charge in [0.05, 0.1) is 10.5 Å². The van der Waals surface area contributed by atoms with Crippen molar-refractivity contribution in [3.63, 3.8) is 0 Å². The molecule has 0 saturated carbocycles. The molecule has 0 spiro atoms. The number of hydrogen-bond acceptors (Lipinski definition) is 2. The number of H-pyrrole nitrogens is 1. The molecule has 0 bridgehead atoms. The van der Waals surface area contributed by atoms with E-state index >= 15 is 0 Å². The summed E-state index contributed by atoms with van der Waals surface area (Å²) in [6, 6.07) is 7.55. The molecule has 90 valence electrons. The maximum atomic E-state index is 11.8. The molecule has 1 heterocycles. The molecule has 0 aliphatic carbocycles. The molecule has 4 heteroatoms. The van der Waals surface area contributed by atoms with Crippen LogP contribution in [0, 0.1) is 0 Å². The second-order valence-corrected chi connectivity index (χ2v) is 4.44. The number of rotatable bonds is 4. The van der Waals surface area contributed by atoms with Gasteiger partial charge < -0.3 is 10.3 Å². The topological polar surface area (TPSA) is 44.9 Å². The van der Waals surface area contributed by atoms with Gasteiger partial charge in [-0.2, -0.15) is 0 Å². The number of para-hydroxylation sites is 1. The largest absolute Gasteiger partial charge is 0.320 e. The second-order valence-electron chi connectivity index (χ2n) is 4.03. The van der Waals surface area contributed by atoms with Crippen molar-refractivity contribution in [1.82, 2.24) is 10.3 Å². The summed E-state index contributed by atoms with van der Waals surface area (Å²) >= 11 is 6.03. The molecule has 2 aromatic rings. The SMILES string of the molecule is CNCCCc1cc2cccc(Cl)c2[nH]c1=O. The van der Waals surface area contributed by atoms with Gasteiger partial charge in [-0.1, -0.05) is 23.7 Å². The molecule has 0 radical (unpaired) electrons. The maximum absolute atomic E-state index is 11.8. The first kappa shape index (κ1) is 12.1. The fourth-order valence-electron chi connectivity index (χ4n) is 1.88. The zero-order valence-corrected chi connectivity index (χ0v) is 10.5. The minimum Gasteiger partial charge on any atom is -0.320 e. The van der Waals surface area contributed by atoms with Gasteiger partial charge in [0.2, 0.25) is 0 Å². The number of fused-ring (bicyclic) bond motifs is 1. The minimum absolute atomic E-state index is 0.0401. The van der Waals surface area contributed by atoms with Crippen LogP contribution in [0.1, 0.15) is 12.0 Å². The van der Waals surface area contributed by atoms with E-state index in [9.17, 15) is 4.79 Å². The Balaban J connectivity index is 2.38. The molecule has 2 N–H and O–H groups in total. The number of benzene rings is 1. The molecule has 3 nitrogen and oxygen atoms in total. The number of aryl methyl sites for hydroxylation is 1. The third-order valence-corrected chi connectivity index (χ3v) is 3.09. The van der Waals surface area contributed by atoms with Crippen LogP contribution in [0.4, 0.5) is 0 Å². The summed E-state index contributed by atoms with van der Waals surface area (Å²) in [4.78, 5) is 14.7. The summed E-state index contributed by atoms with van der Waals surface area (Å²) in [6.07, 6.45) is 1.73. The molecule has 1 aromatic heterocycles. The van der Waals surface area contributed by atoms with Gasteiger partial charge in [0, 0.05) is 10.9 Å². The molecule has 0 amide bonds. The van der Waals surface area contributed by atoms with Gasteiger partial charge in [-0.15, -0.1) is 0 Å². The third-order valence-electron chi connectivity index (χ3n) is 2.78. The summed E-state index contributed by atoms with van der Waals surface area (Å²) in [5, 5.41) is 4.64. The predicted octanol–water partition coefficient (Wildman–Crippen LogP) is 2.33. The molecule has 17 heavy (non-hydrogen) atoms. The number of nitrogens with one attached hydrogen (secondary N) is 2.